The van der Waals surface area contributed by atoms with Gasteiger partial charge in [0.2, 0.25) is 11.8 Å². The number of nitrogens with zero attached hydrogens (tertiary/aromatic N) is 1. The van der Waals surface area contributed by atoms with Gasteiger partial charge in [0.25, 0.3) is 0 Å². The van der Waals surface area contributed by atoms with E-state index in [0.29, 0.717) is 23.4 Å². The van der Waals surface area contributed by atoms with Crippen LogP contribution in [0.4, 0.5) is 5.69 Å². The zero-order valence-electron chi connectivity index (χ0n) is 11.9. The number of aromatic nitrogens is 1. The molecular weight excluding hydrogens is 228 g/mol. The highest BCUT2D eigenvalue weighted by Gasteiger charge is 2.11. The summed E-state index contributed by atoms with van der Waals surface area (Å²) >= 11 is 0. The Morgan fingerprint density at radius 2 is 1.78 bits per heavy atom. The molecule has 1 aromatic heterocycles. The van der Waals surface area contributed by atoms with Crippen molar-refractivity contribution >= 4 is 5.69 Å². The number of hydrogen-bond acceptors (Lipinski definition) is 4. The molecule has 0 aliphatic heterocycles. The van der Waals surface area contributed by atoms with Crippen LogP contribution in [0.2, 0.25) is 0 Å². The second kappa shape index (κ2) is 6.47. The average Bonchev–Trinajstić information content (AvgIpc) is 2.21. The first kappa shape index (κ1) is 14.6. The molecule has 1 rings (SSSR count). The van der Waals surface area contributed by atoms with E-state index in [1.807, 2.05) is 20.8 Å². The predicted octanol–water partition coefficient (Wildman–Crippen LogP) is 3.26. The highest BCUT2D eigenvalue weighted by molar-refractivity contribution is 5.49. The first-order valence-corrected chi connectivity index (χ1v) is 6.48. The number of anilines is 1. The average molecular weight is 252 g/mol. The predicted molar refractivity (Wildman–Crippen MR) is 74.0 cm³/mol. The lowest BCUT2D eigenvalue weighted by Gasteiger charge is -2.17. The van der Waals surface area contributed by atoms with Crippen LogP contribution in [0.15, 0.2) is 12.1 Å². The summed E-state index contributed by atoms with van der Waals surface area (Å²) in [5.74, 6) is 1.60. The van der Waals surface area contributed by atoms with E-state index in [-0.39, 0.29) is 12.2 Å². The Hall–Kier alpha value is -1.45. The molecule has 4 nitrogen and oxygen atoms in total. The Labute approximate surface area is 110 Å². The van der Waals surface area contributed by atoms with Crippen LogP contribution in [0.1, 0.15) is 41.0 Å². The Bertz CT molecular complexity index is 378. The molecule has 0 spiro atoms. The number of rotatable bonds is 6. The van der Waals surface area contributed by atoms with Crippen LogP contribution >= 0.6 is 0 Å². The maximum absolute atomic E-state index is 5.81. The van der Waals surface area contributed by atoms with Gasteiger partial charge >= 0.3 is 0 Å². The van der Waals surface area contributed by atoms with Gasteiger partial charge in [0.05, 0.1) is 17.9 Å². The van der Waals surface area contributed by atoms with Crippen molar-refractivity contribution in [3.63, 3.8) is 0 Å². The van der Waals surface area contributed by atoms with E-state index in [9.17, 15) is 0 Å². The molecule has 1 aromatic rings. The highest BCUT2D eigenvalue weighted by Crippen LogP contribution is 2.24. The number of ether oxygens (including phenoxy) is 2. The van der Waals surface area contributed by atoms with Crippen molar-refractivity contribution in [2.24, 2.45) is 5.92 Å². The minimum atomic E-state index is 0.0446. The van der Waals surface area contributed by atoms with Gasteiger partial charge in [0.15, 0.2) is 0 Å². The van der Waals surface area contributed by atoms with E-state index in [2.05, 4.69) is 18.8 Å². The Balaban J connectivity index is 2.72. The van der Waals surface area contributed by atoms with Crippen molar-refractivity contribution in [1.82, 2.24) is 4.98 Å². The summed E-state index contributed by atoms with van der Waals surface area (Å²) in [6, 6.07) is 3.54. The summed E-state index contributed by atoms with van der Waals surface area (Å²) in [7, 11) is 0. The molecule has 0 aliphatic carbocycles. The fourth-order valence-corrected chi connectivity index (χ4v) is 1.74. The van der Waals surface area contributed by atoms with Gasteiger partial charge in [-0.05, 0) is 39.2 Å². The van der Waals surface area contributed by atoms with E-state index < -0.39 is 0 Å². The fraction of sp³-hybridized carbons (Fsp3) is 0.643. The third kappa shape index (κ3) is 4.82. The first-order chi connectivity index (χ1) is 8.38. The molecule has 0 aliphatic rings. The molecule has 0 bridgehead atoms. The smallest absolute Gasteiger partial charge is 0.240 e. The zero-order valence-corrected chi connectivity index (χ0v) is 11.9. The van der Waals surface area contributed by atoms with Gasteiger partial charge in [-0.2, -0.15) is 4.98 Å². The zero-order chi connectivity index (χ0) is 13.7. The molecule has 0 amide bonds. The molecule has 102 valence electrons. The van der Waals surface area contributed by atoms with Crippen LogP contribution in [0.25, 0.3) is 0 Å². The molecule has 0 saturated carbocycles. The van der Waals surface area contributed by atoms with Crippen LogP contribution in [0, 0.1) is 5.92 Å². The summed E-state index contributed by atoms with van der Waals surface area (Å²) in [5.41, 5.74) is 6.34. The molecule has 2 N–H and O–H groups in total. The van der Waals surface area contributed by atoms with E-state index in [1.54, 1.807) is 12.1 Å². The van der Waals surface area contributed by atoms with Gasteiger partial charge in [0, 0.05) is 6.07 Å². The van der Waals surface area contributed by atoms with Crippen molar-refractivity contribution in [3.8, 4) is 11.8 Å². The maximum atomic E-state index is 5.81. The van der Waals surface area contributed by atoms with Gasteiger partial charge in [-0.25, -0.2) is 0 Å². The van der Waals surface area contributed by atoms with E-state index >= 15 is 0 Å². The largest absolute Gasteiger partial charge is 0.475 e. The highest BCUT2D eigenvalue weighted by atomic mass is 16.5. The molecule has 0 radical (unpaired) electrons. The Morgan fingerprint density at radius 1 is 1.11 bits per heavy atom. The Morgan fingerprint density at radius 3 is 2.33 bits per heavy atom. The van der Waals surface area contributed by atoms with E-state index in [4.69, 9.17) is 15.2 Å². The molecule has 0 aromatic carbocycles. The summed E-state index contributed by atoms with van der Waals surface area (Å²) in [6.45, 7) is 10.3. The van der Waals surface area contributed by atoms with Gasteiger partial charge < -0.3 is 15.2 Å². The molecular formula is C14H24N2O2. The van der Waals surface area contributed by atoms with Crippen molar-refractivity contribution in [2.75, 3.05) is 5.73 Å². The van der Waals surface area contributed by atoms with Crippen LogP contribution in [0.3, 0.4) is 0 Å². The normalized spacial score (nSPS) is 12.8. The van der Waals surface area contributed by atoms with Crippen molar-refractivity contribution in [2.45, 2.75) is 53.2 Å². The maximum Gasteiger partial charge on any atom is 0.240 e. The topological polar surface area (TPSA) is 57.4 Å². The molecule has 4 heteroatoms. The van der Waals surface area contributed by atoms with Crippen LogP contribution in [-0.2, 0) is 0 Å². The third-order valence-corrected chi connectivity index (χ3v) is 2.34. The summed E-state index contributed by atoms with van der Waals surface area (Å²) in [6.07, 6.45) is 1.17. The van der Waals surface area contributed by atoms with Crippen LogP contribution in [-0.4, -0.2) is 17.2 Å². The molecule has 1 unspecified atom stereocenters. The number of nitrogens with two attached hydrogens (primary N) is 1. The monoisotopic (exact) mass is 252 g/mol. The lowest BCUT2D eigenvalue weighted by Crippen LogP contribution is -2.16. The van der Waals surface area contributed by atoms with E-state index in [1.165, 1.54) is 0 Å². The second-order valence-corrected chi connectivity index (χ2v) is 5.27. The van der Waals surface area contributed by atoms with Gasteiger partial charge in [0.1, 0.15) is 0 Å². The third-order valence-electron chi connectivity index (χ3n) is 2.34. The molecule has 0 fully saturated rings. The molecule has 1 heterocycles. The second-order valence-electron chi connectivity index (χ2n) is 5.27. The minimum Gasteiger partial charge on any atom is -0.475 e. The van der Waals surface area contributed by atoms with Crippen LogP contribution in [0.5, 0.6) is 11.8 Å². The Kier molecular flexibility index (Phi) is 5.25. The standard InChI is InChI=1S/C14H24N2O2/c1-9(2)8-11(5)18-13-7-6-12(15)14(16-13)17-10(3)4/h6-7,9-11H,8,15H2,1-5H3. The van der Waals surface area contributed by atoms with Crippen molar-refractivity contribution in [1.29, 1.82) is 0 Å². The number of pyridine rings is 1. The van der Waals surface area contributed by atoms with Gasteiger partial charge in [-0.3, -0.25) is 0 Å². The SMILES string of the molecule is CC(C)CC(C)Oc1ccc(N)c(OC(C)C)n1. The lowest BCUT2D eigenvalue weighted by atomic mass is 10.1. The fourth-order valence-electron chi connectivity index (χ4n) is 1.74. The summed E-state index contributed by atoms with van der Waals surface area (Å²) in [5, 5.41) is 0. The van der Waals surface area contributed by atoms with Crippen LogP contribution < -0.4 is 15.2 Å². The van der Waals surface area contributed by atoms with Gasteiger partial charge in [-0.15, -0.1) is 0 Å². The molecule has 18 heavy (non-hydrogen) atoms. The van der Waals surface area contributed by atoms with Gasteiger partial charge in [-0.1, -0.05) is 13.8 Å². The minimum absolute atomic E-state index is 0.0446. The lowest BCUT2D eigenvalue weighted by molar-refractivity contribution is 0.179. The number of hydrogen-bond donors (Lipinski definition) is 1. The summed E-state index contributed by atoms with van der Waals surface area (Å²) in [4.78, 5) is 4.29. The summed E-state index contributed by atoms with van der Waals surface area (Å²) < 4.78 is 11.3. The van der Waals surface area contributed by atoms with Crippen molar-refractivity contribution in [3.05, 3.63) is 12.1 Å². The number of nitrogen functional groups attached to an aromatic ring is 1. The van der Waals surface area contributed by atoms with Crippen molar-refractivity contribution < 1.29 is 9.47 Å². The molecule has 1 atom stereocenters. The molecule has 0 saturated heterocycles. The van der Waals surface area contributed by atoms with E-state index in [0.717, 1.165) is 6.42 Å². The first-order valence-electron chi connectivity index (χ1n) is 6.48. The quantitative estimate of drug-likeness (QED) is 0.844.